The van der Waals surface area contributed by atoms with Crippen molar-refractivity contribution < 1.29 is 0 Å². The van der Waals surface area contributed by atoms with Crippen LogP contribution in [0.3, 0.4) is 0 Å². The number of hydrogen-bond acceptors (Lipinski definition) is 4. The maximum atomic E-state index is 4.29. The van der Waals surface area contributed by atoms with Gasteiger partial charge < -0.3 is 9.88 Å². The summed E-state index contributed by atoms with van der Waals surface area (Å²) >= 11 is 1.68. The van der Waals surface area contributed by atoms with Gasteiger partial charge in [-0.05, 0) is 13.8 Å². The van der Waals surface area contributed by atoms with E-state index in [-0.39, 0.29) is 0 Å². The molecule has 5 heteroatoms. The van der Waals surface area contributed by atoms with E-state index in [9.17, 15) is 0 Å². The Hall–Kier alpha value is -1.20. The van der Waals surface area contributed by atoms with Gasteiger partial charge in [0.25, 0.3) is 0 Å². The minimum Gasteiger partial charge on any atom is -0.334 e. The Morgan fingerprint density at radius 1 is 1.56 bits per heavy atom. The van der Waals surface area contributed by atoms with Gasteiger partial charge in [0, 0.05) is 30.9 Å². The standard InChI is InChI=1S/C11H16N4S/c1-3-15-8-12-6-10(15)7-14-9(2)11-13-4-5-16-11/h4-6,8-9,14H,3,7H2,1-2H3. The summed E-state index contributed by atoms with van der Waals surface area (Å²) in [6.07, 6.45) is 5.62. The van der Waals surface area contributed by atoms with E-state index in [1.165, 1.54) is 5.69 Å². The highest BCUT2D eigenvalue weighted by Gasteiger charge is 2.08. The van der Waals surface area contributed by atoms with Gasteiger partial charge in [0.15, 0.2) is 0 Å². The first-order chi connectivity index (χ1) is 7.81. The van der Waals surface area contributed by atoms with E-state index >= 15 is 0 Å². The van der Waals surface area contributed by atoms with Gasteiger partial charge in [-0.2, -0.15) is 0 Å². The van der Waals surface area contributed by atoms with Crippen LogP contribution in [-0.2, 0) is 13.1 Å². The molecule has 0 fully saturated rings. The van der Waals surface area contributed by atoms with Crippen LogP contribution >= 0.6 is 11.3 Å². The minimum absolute atomic E-state index is 0.292. The molecule has 0 saturated heterocycles. The summed E-state index contributed by atoms with van der Waals surface area (Å²) in [6.45, 7) is 6.04. The highest BCUT2D eigenvalue weighted by Crippen LogP contribution is 2.15. The van der Waals surface area contributed by atoms with Crippen molar-refractivity contribution in [1.82, 2.24) is 19.9 Å². The maximum Gasteiger partial charge on any atom is 0.109 e. The first-order valence-corrected chi connectivity index (χ1v) is 6.31. The molecule has 2 aromatic heterocycles. The molecule has 0 radical (unpaired) electrons. The largest absolute Gasteiger partial charge is 0.334 e. The quantitative estimate of drug-likeness (QED) is 0.865. The van der Waals surface area contributed by atoms with Crippen molar-refractivity contribution >= 4 is 11.3 Å². The smallest absolute Gasteiger partial charge is 0.109 e. The number of imidazole rings is 1. The summed E-state index contributed by atoms with van der Waals surface area (Å²) in [4.78, 5) is 8.44. The monoisotopic (exact) mass is 236 g/mol. The number of nitrogens with zero attached hydrogens (tertiary/aromatic N) is 3. The van der Waals surface area contributed by atoms with Gasteiger partial charge in [0.1, 0.15) is 5.01 Å². The average Bonchev–Trinajstić information content (AvgIpc) is 2.96. The fraction of sp³-hybridized carbons (Fsp3) is 0.455. The predicted octanol–water partition coefficient (Wildman–Crippen LogP) is 2.21. The van der Waals surface area contributed by atoms with Crippen molar-refractivity contribution in [3.8, 4) is 0 Å². The lowest BCUT2D eigenvalue weighted by molar-refractivity contribution is 0.547. The van der Waals surface area contributed by atoms with Crippen LogP contribution in [0.4, 0.5) is 0 Å². The van der Waals surface area contributed by atoms with Crippen LogP contribution in [0.15, 0.2) is 24.1 Å². The summed E-state index contributed by atoms with van der Waals surface area (Å²) < 4.78 is 2.14. The lowest BCUT2D eigenvalue weighted by atomic mass is 10.3. The number of aryl methyl sites for hydroxylation is 1. The molecule has 0 aliphatic carbocycles. The van der Waals surface area contributed by atoms with Crippen molar-refractivity contribution in [3.05, 3.63) is 34.8 Å². The zero-order valence-electron chi connectivity index (χ0n) is 9.55. The Morgan fingerprint density at radius 3 is 3.12 bits per heavy atom. The summed E-state index contributed by atoms with van der Waals surface area (Å²) in [5.74, 6) is 0. The first-order valence-electron chi connectivity index (χ1n) is 5.43. The SMILES string of the molecule is CCn1cncc1CNC(C)c1nccs1. The number of hydrogen-bond donors (Lipinski definition) is 1. The molecule has 1 N–H and O–H groups in total. The molecule has 0 aromatic carbocycles. The van der Waals surface area contributed by atoms with Gasteiger partial charge in [-0.15, -0.1) is 11.3 Å². The normalized spacial score (nSPS) is 12.9. The zero-order valence-corrected chi connectivity index (χ0v) is 10.4. The Kier molecular flexibility index (Phi) is 3.69. The summed E-state index contributed by atoms with van der Waals surface area (Å²) in [6, 6.07) is 0.292. The van der Waals surface area contributed by atoms with Crippen LogP contribution in [-0.4, -0.2) is 14.5 Å². The molecule has 0 bridgehead atoms. The molecule has 4 nitrogen and oxygen atoms in total. The van der Waals surface area contributed by atoms with Crippen LogP contribution in [0.2, 0.25) is 0 Å². The second-order valence-electron chi connectivity index (χ2n) is 3.64. The molecule has 0 aliphatic rings. The van der Waals surface area contributed by atoms with E-state index < -0.39 is 0 Å². The maximum absolute atomic E-state index is 4.29. The summed E-state index contributed by atoms with van der Waals surface area (Å²) in [7, 11) is 0. The fourth-order valence-electron chi connectivity index (χ4n) is 1.57. The molecule has 0 aliphatic heterocycles. The molecule has 0 saturated carbocycles. The Bertz CT molecular complexity index is 421. The van der Waals surface area contributed by atoms with Gasteiger partial charge >= 0.3 is 0 Å². The lowest BCUT2D eigenvalue weighted by Crippen LogP contribution is -2.19. The molecule has 2 aromatic rings. The predicted molar refractivity (Wildman–Crippen MR) is 65.3 cm³/mol. The Morgan fingerprint density at radius 2 is 2.44 bits per heavy atom. The van der Waals surface area contributed by atoms with Crippen LogP contribution < -0.4 is 5.32 Å². The summed E-state index contributed by atoms with van der Waals surface area (Å²) in [5.41, 5.74) is 1.21. The van der Waals surface area contributed by atoms with Gasteiger partial charge in [0.05, 0.1) is 18.1 Å². The topological polar surface area (TPSA) is 42.7 Å². The highest BCUT2D eigenvalue weighted by atomic mass is 32.1. The second kappa shape index (κ2) is 5.23. The van der Waals surface area contributed by atoms with Crippen LogP contribution in [0, 0.1) is 0 Å². The summed E-state index contributed by atoms with van der Waals surface area (Å²) in [5, 5.41) is 6.58. The van der Waals surface area contributed by atoms with E-state index in [1.807, 2.05) is 24.1 Å². The van der Waals surface area contributed by atoms with Crippen molar-refractivity contribution in [2.45, 2.75) is 33.0 Å². The molecule has 1 atom stereocenters. The van der Waals surface area contributed by atoms with Crippen molar-refractivity contribution in [3.63, 3.8) is 0 Å². The van der Waals surface area contributed by atoms with E-state index in [4.69, 9.17) is 0 Å². The minimum atomic E-state index is 0.292. The van der Waals surface area contributed by atoms with Crippen LogP contribution in [0.5, 0.6) is 0 Å². The first kappa shape index (κ1) is 11.3. The molecule has 86 valence electrons. The third-order valence-corrected chi connectivity index (χ3v) is 3.51. The molecule has 2 rings (SSSR count). The van der Waals surface area contributed by atoms with E-state index in [0.717, 1.165) is 18.1 Å². The molecule has 0 spiro atoms. The van der Waals surface area contributed by atoms with Gasteiger partial charge in [-0.25, -0.2) is 9.97 Å². The van der Waals surface area contributed by atoms with E-state index in [0.29, 0.717) is 6.04 Å². The molecule has 2 heterocycles. The third kappa shape index (κ3) is 2.48. The molecular formula is C11H16N4S. The van der Waals surface area contributed by atoms with Gasteiger partial charge in [-0.1, -0.05) is 0 Å². The molecular weight excluding hydrogens is 220 g/mol. The van der Waals surface area contributed by atoms with Gasteiger partial charge in [0.2, 0.25) is 0 Å². The highest BCUT2D eigenvalue weighted by molar-refractivity contribution is 7.09. The average molecular weight is 236 g/mol. The Balaban J connectivity index is 1.92. The fourth-order valence-corrected chi connectivity index (χ4v) is 2.24. The number of aromatic nitrogens is 3. The third-order valence-electron chi connectivity index (χ3n) is 2.55. The second-order valence-corrected chi connectivity index (χ2v) is 4.57. The zero-order chi connectivity index (χ0) is 11.4. The van der Waals surface area contributed by atoms with E-state index in [1.54, 1.807) is 11.3 Å². The molecule has 0 amide bonds. The van der Waals surface area contributed by atoms with Crippen molar-refractivity contribution in [2.75, 3.05) is 0 Å². The number of rotatable bonds is 5. The molecule has 16 heavy (non-hydrogen) atoms. The van der Waals surface area contributed by atoms with Crippen molar-refractivity contribution in [2.24, 2.45) is 0 Å². The van der Waals surface area contributed by atoms with E-state index in [2.05, 4.69) is 33.7 Å². The lowest BCUT2D eigenvalue weighted by Gasteiger charge is -2.11. The van der Waals surface area contributed by atoms with Crippen molar-refractivity contribution in [1.29, 1.82) is 0 Å². The number of nitrogens with one attached hydrogen (secondary N) is 1. The Labute approximate surface area is 99.4 Å². The van der Waals surface area contributed by atoms with Crippen LogP contribution in [0.1, 0.15) is 30.6 Å². The van der Waals surface area contributed by atoms with Gasteiger partial charge in [-0.3, -0.25) is 0 Å². The molecule has 1 unspecified atom stereocenters. The number of thiazole rings is 1. The van der Waals surface area contributed by atoms with Crippen LogP contribution in [0.25, 0.3) is 0 Å².